The summed E-state index contributed by atoms with van der Waals surface area (Å²) in [6.07, 6.45) is 0. The van der Waals surface area contributed by atoms with Gasteiger partial charge in [0.2, 0.25) is 6.79 Å². The van der Waals surface area contributed by atoms with Crippen LogP contribution in [0.25, 0.3) is 0 Å². The van der Waals surface area contributed by atoms with Gasteiger partial charge in [-0.2, -0.15) is 0 Å². The summed E-state index contributed by atoms with van der Waals surface area (Å²) in [6, 6.07) is 19.3. The molecule has 4 aromatic rings. The molecule has 0 heterocycles. The van der Waals surface area contributed by atoms with Crippen molar-refractivity contribution < 1.29 is 58.7 Å². The van der Waals surface area contributed by atoms with Crippen LogP contribution in [0.2, 0.25) is 0 Å². The molecule has 4 rings (SSSR count). The number of benzene rings is 4. The van der Waals surface area contributed by atoms with Gasteiger partial charge in [-0.05, 0) is 78.4 Å². The van der Waals surface area contributed by atoms with Gasteiger partial charge in [-0.3, -0.25) is 15.1 Å². The molecule has 0 radical (unpaired) electrons. The van der Waals surface area contributed by atoms with Crippen LogP contribution >= 0.6 is 0 Å². The lowest BCUT2D eigenvalue weighted by molar-refractivity contribution is 0.0680. The second kappa shape index (κ2) is 14.2. The molecule has 14 nitrogen and oxygen atoms in total. The predicted molar refractivity (Wildman–Crippen MR) is 156 cm³/mol. The number of carbonyl (C=O) groups excluding carboxylic acids is 1. The van der Waals surface area contributed by atoms with E-state index in [1.807, 2.05) is 0 Å². The predicted octanol–water partition coefficient (Wildman–Crippen LogP) is 4.69. The molecule has 0 atom stereocenters. The van der Waals surface area contributed by atoms with Gasteiger partial charge in [-0.15, -0.1) is 0 Å². The summed E-state index contributed by atoms with van der Waals surface area (Å²) in [5.74, 6) is -4.89. The zero-order chi connectivity index (χ0) is 32.5. The standard InChI is InChI=1S/C31H24N2O12/c34-27(32-25-13-19(28(35)36)5-11-23(25)30(39)40)18-3-9-22(10-4-18)44-16-43-21-7-1-17(2-8-21)15-45-33-26-14-20(29(37)38)6-12-24(26)31(41)42/h1-14,33H,15-16H2,(H,32,34)(H,35,36)(H,37,38)(H,39,40)(H,41,42). The van der Waals surface area contributed by atoms with E-state index in [0.717, 1.165) is 24.3 Å². The molecule has 0 fully saturated rings. The van der Waals surface area contributed by atoms with Crippen LogP contribution in [0.1, 0.15) is 57.4 Å². The zero-order valence-electron chi connectivity index (χ0n) is 23.1. The Morgan fingerprint density at radius 2 is 1.02 bits per heavy atom. The van der Waals surface area contributed by atoms with Crippen molar-refractivity contribution in [3.05, 3.63) is 118 Å². The first-order valence-electron chi connectivity index (χ1n) is 12.9. The number of hydrogen-bond acceptors (Lipinski definition) is 9. The minimum atomic E-state index is -1.33. The number of ether oxygens (including phenoxy) is 2. The van der Waals surface area contributed by atoms with Crippen molar-refractivity contribution >= 4 is 41.2 Å². The summed E-state index contributed by atoms with van der Waals surface area (Å²) >= 11 is 0. The summed E-state index contributed by atoms with van der Waals surface area (Å²) in [6.45, 7) is -0.152. The Hall–Kier alpha value is -6.41. The molecule has 4 aromatic carbocycles. The fraction of sp³-hybridized carbons (Fsp3) is 0.0645. The molecule has 0 bridgehead atoms. The Morgan fingerprint density at radius 1 is 0.556 bits per heavy atom. The average molecular weight is 617 g/mol. The van der Waals surface area contributed by atoms with Crippen LogP contribution in [0, 0.1) is 0 Å². The lowest BCUT2D eigenvalue weighted by Crippen LogP contribution is -2.15. The maximum Gasteiger partial charge on any atom is 0.337 e. The van der Waals surface area contributed by atoms with Crippen LogP contribution in [-0.2, 0) is 11.4 Å². The van der Waals surface area contributed by atoms with Crippen molar-refractivity contribution in [3.8, 4) is 11.5 Å². The fourth-order valence-electron chi connectivity index (χ4n) is 3.86. The highest BCUT2D eigenvalue weighted by Crippen LogP contribution is 2.22. The number of carboxylic acids is 4. The highest BCUT2D eigenvalue weighted by atomic mass is 16.7. The van der Waals surface area contributed by atoms with Gasteiger partial charge in [0.15, 0.2) is 0 Å². The van der Waals surface area contributed by atoms with E-state index >= 15 is 0 Å². The Labute approximate surface area is 254 Å². The Bertz CT molecular complexity index is 1750. The fourth-order valence-corrected chi connectivity index (χ4v) is 3.86. The van der Waals surface area contributed by atoms with Crippen LogP contribution in [-0.4, -0.2) is 57.0 Å². The molecular formula is C31H24N2O12. The third kappa shape index (κ3) is 8.33. The third-order valence-corrected chi connectivity index (χ3v) is 6.15. The van der Waals surface area contributed by atoms with Crippen molar-refractivity contribution in [2.75, 3.05) is 17.6 Å². The Kier molecular flexibility index (Phi) is 9.93. The smallest absolute Gasteiger partial charge is 0.337 e. The van der Waals surface area contributed by atoms with Crippen LogP contribution in [0.5, 0.6) is 11.5 Å². The molecule has 45 heavy (non-hydrogen) atoms. The lowest BCUT2D eigenvalue weighted by Gasteiger charge is -2.12. The molecule has 0 aliphatic carbocycles. The first-order valence-corrected chi connectivity index (χ1v) is 12.9. The number of hydrogen-bond donors (Lipinski definition) is 6. The van der Waals surface area contributed by atoms with Gasteiger partial charge in [-0.1, -0.05) is 12.1 Å². The van der Waals surface area contributed by atoms with Crippen molar-refractivity contribution in [1.29, 1.82) is 0 Å². The SMILES string of the molecule is O=C(O)c1ccc(C(=O)O)c(NOCc2ccc(OCOc3ccc(C(=O)Nc4cc(C(=O)O)ccc4C(=O)O)cc3)cc2)c1. The van der Waals surface area contributed by atoms with Crippen LogP contribution in [0.15, 0.2) is 84.9 Å². The second-order valence-electron chi connectivity index (χ2n) is 9.16. The normalized spacial score (nSPS) is 10.4. The number of anilines is 2. The van der Waals surface area contributed by atoms with Gasteiger partial charge in [0.25, 0.3) is 5.91 Å². The lowest BCUT2D eigenvalue weighted by atomic mass is 10.1. The van der Waals surface area contributed by atoms with E-state index in [4.69, 9.17) is 24.5 Å². The number of aromatic carboxylic acids is 4. The van der Waals surface area contributed by atoms with Crippen LogP contribution < -0.4 is 20.3 Å². The molecular weight excluding hydrogens is 592 g/mol. The minimum Gasteiger partial charge on any atom is -0.478 e. The first-order chi connectivity index (χ1) is 21.5. The van der Waals surface area contributed by atoms with Crippen molar-refractivity contribution in [2.45, 2.75) is 6.61 Å². The van der Waals surface area contributed by atoms with E-state index in [2.05, 4.69) is 10.8 Å². The summed E-state index contributed by atoms with van der Waals surface area (Å²) in [7, 11) is 0. The zero-order valence-corrected chi connectivity index (χ0v) is 23.1. The van der Waals surface area contributed by atoms with Gasteiger partial charge >= 0.3 is 23.9 Å². The molecule has 0 aliphatic rings. The van der Waals surface area contributed by atoms with Gasteiger partial charge in [0.1, 0.15) is 11.5 Å². The number of amides is 1. The van der Waals surface area contributed by atoms with Crippen LogP contribution in [0.3, 0.4) is 0 Å². The van der Waals surface area contributed by atoms with Crippen molar-refractivity contribution in [3.63, 3.8) is 0 Å². The highest BCUT2D eigenvalue weighted by molar-refractivity contribution is 6.08. The largest absolute Gasteiger partial charge is 0.478 e. The quantitative estimate of drug-likeness (QED) is 0.0838. The molecule has 0 saturated carbocycles. The van der Waals surface area contributed by atoms with E-state index in [9.17, 15) is 34.2 Å². The monoisotopic (exact) mass is 616 g/mol. The molecule has 230 valence electrons. The summed E-state index contributed by atoms with van der Waals surface area (Å²) in [5.41, 5.74) is 2.47. The van der Waals surface area contributed by atoms with E-state index in [-0.39, 0.29) is 52.6 Å². The minimum absolute atomic E-state index is 0.00832. The summed E-state index contributed by atoms with van der Waals surface area (Å²) in [5, 5.41) is 39.4. The van der Waals surface area contributed by atoms with E-state index in [0.29, 0.717) is 17.1 Å². The number of carboxylic acid groups (broad SMARTS) is 4. The molecule has 0 unspecified atom stereocenters. The van der Waals surface area contributed by atoms with Gasteiger partial charge in [0, 0.05) is 5.56 Å². The molecule has 14 heteroatoms. The Balaban J connectivity index is 1.26. The maximum absolute atomic E-state index is 12.7. The second-order valence-corrected chi connectivity index (χ2v) is 9.16. The van der Waals surface area contributed by atoms with Gasteiger partial charge in [-0.25, -0.2) is 19.2 Å². The topological polar surface area (TPSA) is 218 Å². The highest BCUT2D eigenvalue weighted by Gasteiger charge is 2.17. The molecule has 0 aliphatic heterocycles. The number of rotatable bonds is 14. The van der Waals surface area contributed by atoms with Crippen LogP contribution in [0.4, 0.5) is 11.4 Å². The summed E-state index contributed by atoms with van der Waals surface area (Å²) < 4.78 is 11.1. The van der Waals surface area contributed by atoms with E-state index in [1.54, 1.807) is 24.3 Å². The Morgan fingerprint density at radius 3 is 1.53 bits per heavy atom. The molecule has 6 N–H and O–H groups in total. The summed E-state index contributed by atoms with van der Waals surface area (Å²) in [4.78, 5) is 63.3. The average Bonchev–Trinajstić information content (AvgIpc) is 3.01. The maximum atomic E-state index is 12.7. The molecule has 1 amide bonds. The van der Waals surface area contributed by atoms with E-state index in [1.165, 1.54) is 36.4 Å². The van der Waals surface area contributed by atoms with Gasteiger partial charge < -0.3 is 35.2 Å². The molecule has 0 aromatic heterocycles. The van der Waals surface area contributed by atoms with Crippen molar-refractivity contribution in [2.24, 2.45) is 0 Å². The third-order valence-electron chi connectivity index (χ3n) is 6.15. The number of carbonyl (C=O) groups is 5. The van der Waals surface area contributed by atoms with Crippen molar-refractivity contribution in [1.82, 2.24) is 0 Å². The molecule has 0 saturated heterocycles. The van der Waals surface area contributed by atoms with Gasteiger partial charge in [0.05, 0.1) is 40.2 Å². The molecule has 0 spiro atoms. The van der Waals surface area contributed by atoms with E-state index < -0.39 is 29.8 Å². The first kappa shape index (κ1) is 31.5. The number of nitrogens with one attached hydrogen (secondary N) is 2.